The molecular weight excluding hydrogens is 534 g/mol. The number of likely N-dealkylation sites (tertiary alicyclic amines) is 1. The zero-order valence-corrected chi connectivity index (χ0v) is 24.0. The van der Waals surface area contributed by atoms with Gasteiger partial charge in [-0.15, -0.1) is 10.2 Å². The number of hydrogen-bond donors (Lipinski definition) is 1. The SMILES string of the molecule is CS(=O)(=O)NCCn1nnc(C2(c3ccccc3)CCN(CCC(C#N)(c3ccccc3)c3ccccc3)CC2)n1. The van der Waals surface area contributed by atoms with Crippen LogP contribution in [0.2, 0.25) is 0 Å². The van der Waals surface area contributed by atoms with Crippen molar-refractivity contribution in [3.8, 4) is 6.07 Å². The van der Waals surface area contributed by atoms with Crippen LogP contribution < -0.4 is 4.72 Å². The second-order valence-corrected chi connectivity index (χ2v) is 12.5. The molecule has 1 aromatic heterocycles. The monoisotopic (exact) mass is 569 g/mol. The summed E-state index contributed by atoms with van der Waals surface area (Å²) in [6.07, 6.45) is 3.42. The smallest absolute Gasteiger partial charge is 0.208 e. The van der Waals surface area contributed by atoms with Crippen molar-refractivity contribution in [3.63, 3.8) is 0 Å². The summed E-state index contributed by atoms with van der Waals surface area (Å²) in [6.45, 7) is 2.92. The maximum atomic E-state index is 11.4. The maximum Gasteiger partial charge on any atom is 0.208 e. The summed E-state index contributed by atoms with van der Waals surface area (Å²) in [5.74, 6) is 0.655. The minimum Gasteiger partial charge on any atom is -0.303 e. The van der Waals surface area contributed by atoms with Gasteiger partial charge in [-0.25, -0.2) is 13.1 Å². The van der Waals surface area contributed by atoms with E-state index in [1.54, 1.807) is 0 Å². The summed E-state index contributed by atoms with van der Waals surface area (Å²) in [5, 5.41) is 24.0. The van der Waals surface area contributed by atoms with Gasteiger partial charge in [-0.05, 0) is 54.3 Å². The van der Waals surface area contributed by atoms with E-state index in [4.69, 9.17) is 5.10 Å². The Balaban J connectivity index is 1.34. The van der Waals surface area contributed by atoms with Gasteiger partial charge >= 0.3 is 0 Å². The molecule has 10 heteroatoms. The highest BCUT2D eigenvalue weighted by atomic mass is 32.2. The molecule has 212 valence electrons. The molecule has 0 bridgehead atoms. The van der Waals surface area contributed by atoms with Crippen LogP contribution in [0, 0.1) is 11.3 Å². The van der Waals surface area contributed by atoms with Crippen LogP contribution in [0.1, 0.15) is 41.8 Å². The zero-order valence-electron chi connectivity index (χ0n) is 23.2. The molecule has 0 atom stereocenters. The largest absolute Gasteiger partial charge is 0.303 e. The Labute approximate surface area is 241 Å². The van der Waals surface area contributed by atoms with Crippen LogP contribution in [0.25, 0.3) is 0 Å². The van der Waals surface area contributed by atoms with E-state index < -0.39 is 20.9 Å². The summed E-state index contributed by atoms with van der Waals surface area (Å²) in [6, 6.07) is 33.1. The molecule has 1 aliphatic rings. The highest BCUT2D eigenvalue weighted by molar-refractivity contribution is 7.88. The lowest BCUT2D eigenvalue weighted by Gasteiger charge is -2.41. The quantitative estimate of drug-likeness (QED) is 0.294. The Bertz CT molecular complexity index is 1520. The van der Waals surface area contributed by atoms with Gasteiger partial charge in [-0.3, -0.25) is 0 Å². The molecule has 5 rings (SSSR count). The van der Waals surface area contributed by atoms with Crippen molar-refractivity contribution < 1.29 is 8.42 Å². The summed E-state index contributed by atoms with van der Waals surface area (Å²) in [4.78, 5) is 3.89. The number of piperidine rings is 1. The van der Waals surface area contributed by atoms with E-state index in [1.165, 1.54) is 4.80 Å². The van der Waals surface area contributed by atoms with Crippen molar-refractivity contribution in [3.05, 3.63) is 114 Å². The van der Waals surface area contributed by atoms with Gasteiger partial charge in [0, 0.05) is 13.1 Å². The third-order valence-corrected chi connectivity index (χ3v) is 8.85. The molecule has 0 saturated carbocycles. The van der Waals surface area contributed by atoms with E-state index in [0.29, 0.717) is 18.8 Å². The molecule has 0 spiro atoms. The van der Waals surface area contributed by atoms with Crippen molar-refractivity contribution in [1.82, 2.24) is 29.8 Å². The summed E-state index contributed by atoms with van der Waals surface area (Å²) in [7, 11) is -3.29. The van der Waals surface area contributed by atoms with Gasteiger partial charge in [0.2, 0.25) is 10.0 Å². The normalized spacial score (nSPS) is 15.8. The van der Waals surface area contributed by atoms with Gasteiger partial charge in [0.25, 0.3) is 0 Å². The lowest BCUT2D eigenvalue weighted by atomic mass is 9.71. The molecule has 0 aliphatic carbocycles. The number of hydrogen-bond acceptors (Lipinski definition) is 7. The Hall–Kier alpha value is -3.91. The Kier molecular flexibility index (Phi) is 8.59. The van der Waals surface area contributed by atoms with Gasteiger partial charge < -0.3 is 4.90 Å². The number of sulfonamides is 1. The number of tetrazole rings is 1. The van der Waals surface area contributed by atoms with E-state index >= 15 is 0 Å². The molecule has 0 unspecified atom stereocenters. The minimum absolute atomic E-state index is 0.199. The number of nitriles is 1. The predicted molar refractivity (Wildman–Crippen MR) is 157 cm³/mol. The minimum atomic E-state index is -3.29. The van der Waals surface area contributed by atoms with Crippen molar-refractivity contribution >= 4 is 10.0 Å². The van der Waals surface area contributed by atoms with Crippen LogP contribution in [0.15, 0.2) is 91.0 Å². The molecule has 0 radical (unpaired) electrons. The first-order valence-electron chi connectivity index (χ1n) is 13.9. The fourth-order valence-corrected chi connectivity index (χ4v) is 6.29. The standard InChI is InChI=1S/C31H35N7O2S/c1-41(39,40)33-20-24-38-35-29(34-36-38)30(26-11-5-2-6-12-26)17-21-37(22-18-30)23-19-31(25-32,27-13-7-3-8-14-27)28-15-9-4-10-16-28/h2-16,33H,17-24H2,1H3. The fourth-order valence-electron chi connectivity index (χ4n) is 5.83. The average Bonchev–Trinajstić information content (AvgIpc) is 3.48. The van der Waals surface area contributed by atoms with Gasteiger partial charge in [0.1, 0.15) is 5.41 Å². The molecule has 1 aliphatic heterocycles. The van der Waals surface area contributed by atoms with E-state index in [9.17, 15) is 13.7 Å². The topological polar surface area (TPSA) is 117 Å². The summed E-state index contributed by atoms with van der Waals surface area (Å²) >= 11 is 0. The van der Waals surface area contributed by atoms with E-state index in [-0.39, 0.29) is 6.54 Å². The molecule has 1 fully saturated rings. The third kappa shape index (κ3) is 6.38. The Morgan fingerprint density at radius 2 is 1.46 bits per heavy atom. The second kappa shape index (κ2) is 12.3. The molecule has 41 heavy (non-hydrogen) atoms. The van der Waals surface area contributed by atoms with Crippen molar-refractivity contribution in [1.29, 1.82) is 5.26 Å². The first-order valence-corrected chi connectivity index (χ1v) is 15.8. The van der Waals surface area contributed by atoms with Gasteiger partial charge in [-0.2, -0.15) is 10.1 Å². The highest BCUT2D eigenvalue weighted by Crippen LogP contribution is 2.41. The van der Waals surface area contributed by atoms with E-state index in [0.717, 1.165) is 55.4 Å². The first kappa shape index (κ1) is 28.6. The molecule has 3 aromatic carbocycles. The zero-order chi connectivity index (χ0) is 28.8. The Morgan fingerprint density at radius 1 is 0.902 bits per heavy atom. The number of benzene rings is 3. The first-order chi connectivity index (χ1) is 19.8. The van der Waals surface area contributed by atoms with Crippen LogP contribution in [0.4, 0.5) is 0 Å². The molecule has 0 amide bonds. The summed E-state index contributed by atoms with van der Waals surface area (Å²) < 4.78 is 25.3. The number of aromatic nitrogens is 4. The highest BCUT2D eigenvalue weighted by Gasteiger charge is 2.42. The maximum absolute atomic E-state index is 11.4. The lowest BCUT2D eigenvalue weighted by Crippen LogP contribution is -2.45. The van der Waals surface area contributed by atoms with Crippen LogP contribution in [-0.4, -0.2) is 66.0 Å². The molecule has 4 aromatic rings. The van der Waals surface area contributed by atoms with Crippen molar-refractivity contribution in [2.24, 2.45) is 0 Å². The molecule has 2 heterocycles. The lowest BCUT2D eigenvalue weighted by molar-refractivity contribution is 0.167. The third-order valence-electron chi connectivity index (χ3n) is 8.12. The molecule has 9 nitrogen and oxygen atoms in total. The molecular formula is C31H35N7O2S. The van der Waals surface area contributed by atoms with Gasteiger partial charge in [0.15, 0.2) is 5.82 Å². The van der Waals surface area contributed by atoms with Crippen LogP contribution in [0.5, 0.6) is 0 Å². The number of rotatable bonds is 11. The number of nitrogens with zero attached hydrogens (tertiary/aromatic N) is 6. The average molecular weight is 570 g/mol. The summed E-state index contributed by atoms with van der Waals surface area (Å²) in [5.41, 5.74) is 2.03. The second-order valence-electron chi connectivity index (χ2n) is 10.7. The Morgan fingerprint density at radius 3 is 2.00 bits per heavy atom. The van der Waals surface area contributed by atoms with Crippen LogP contribution in [0.3, 0.4) is 0 Å². The molecule has 1 N–H and O–H groups in total. The van der Waals surface area contributed by atoms with Crippen molar-refractivity contribution in [2.75, 3.05) is 32.4 Å². The molecule has 1 saturated heterocycles. The van der Waals surface area contributed by atoms with E-state index in [2.05, 4.69) is 38.1 Å². The van der Waals surface area contributed by atoms with E-state index in [1.807, 2.05) is 78.9 Å². The van der Waals surface area contributed by atoms with Gasteiger partial charge in [0.05, 0.1) is 24.3 Å². The van der Waals surface area contributed by atoms with Crippen molar-refractivity contribution in [2.45, 2.75) is 36.6 Å². The fraction of sp³-hybridized carbons (Fsp3) is 0.355. The van der Waals surface area contributed by atoms with Crippen LogP contribution >= 0.6 is 0 Å². The number of nitrogens with one attached hydrogen (secondary N) is 1. The van der Waals surface area contributed by atoms with Crippen LogP contribution in [-0.2, 0) is 27.4 Å². The van der Waals surface area contributed by atoms with Gasteiger partial charge in [-0.1, -0.05) is 91.0 Å². The predicted octanol–water partition coefficient (Wildman–Crippen LogP) is 3.50.